The van der Waals surface area contributed by atoms with E-state index in [9.17, 15) is 15.3 Å². The minimum Gasteiger partial charge on any atom is -0.381 e. The van der Waals surface area contributed by atoms with E-state index in [4.69, 9.17) is 4.74 Å². The predicted octanol–water partition coefficient (Wildman–Crippen LogP) is 4.67. The molecule has 1 fully saturated rings. The standard InChI is InChI=1S/C27H26N6O2/c1-17-23(21-10-20(13-28)25(32-14-21)18-5-8-35-9-6-18)12-22(15-31-17)33-26(34)19-4-7-30-24(11-19)27(2,3)16-29/h4,7,10-12,14-15,18H,5-6,8-9H2,1-3H3,(H,33,34). The molecule has 176 valence electrons. The van der Waals surface area contributed by atoms with Crippen molar-refractivity contribution in [1.29, 1.82) is 10.5 Å². The van der Waals surface area contributed by atoms with Crippen LogP contribution in [0.15, 0.2) is 42.9 Å². The van der Waals surface area contributed by atoms with E-state index < -0.39 is 5.41 Å². The second kappa shape index (κ2) is 10.0. The van der Waals surface area contributed by atoms with Gasteiger partial charge in [0.05, 0.1) is 40.3 Å². The molecule has 3 aromatic rings. The largest absolute Gasteiger partial charge is 0.381 e. The summed E-state index contributed by atoms with van der Waals surface area (Å²) in [6.07, 6.45) is 6.58. The molecule has 3 aromatic heterocycles. The molecule has 1 aliphatic heterocycles. The molecule has 0 aliphatic carbocycles. The molecule has 1 amide bonds. The molecule has 0 unspecified atom stereocenters. The van der Waals surface area contributed by atoms with Gasteiger partial charge in [0.15, 0.2) is 0 Å². The second-order valence-electron chi connectivity index (χ2n) is 9.13. The van der Waals surface area contributed by atoms with Crippen molar-refractivity contribution in [2.75, 3.05) is 18.5 Å². The molecule has 0 bridgehead atoms. The summed E-state index contributed by atoms with van der Waals surface area (Å²) in [6, 6.07) is 11.4. The van der Waals surface area contributed by atoms with Crippen molar-refractivity contribution in [3.8, 4) is 23.3 Å². The van der Waals surface area contributed by atoms with Gasteiger partial charge in [0.2, 0.25) is 0 Å². The van der Waals surface area contributed by atoms with Gasteiger partial charge in [-0.05, 0) is 57.9 Å². The summed E-state index contributed by atoms with van der Waals surface area (Å²) in [5, 5.41) is 22.0. The molecule has 0 atom stereocenters. The second-order valence-corrected chi connectivity index (χ2v) is 9.13. The van der Waals surface area contributed by atoms with Gasteiger partial charge in [-0.3, -0.25) is 19.7 Å². The number of carbonyl (C=O) groups is 1. The minimum absolute atomic E-state index is 0.216. The van der Waals surface area contributed by atoms with Gasteiger partial charge in [-0.15, -0.1) is 0 Å². The molecule has 0 aromatic carbocycles. The van der Waals surface area contributed by atoms with Gasteiger partial charge in [0.1, 0.15) is 6.07 Å². The SMILES string of the molecule is Cc1ncc(NC(=O)c2ccnc(C(C)(C)C#N)c2)cc1-c1cnc(C2CCOCC2)c(C#N)c1. The molecule has 1 aliphatic rings. The third kappa shape index (κ3) is 5.18. The maximum Gasteiger partial charge on any atom is 0.255 e. The molecule has 8 heteroatoms. The van der Waals surface area contributed by atoms with Crippen LogP contribution in [-0.2, 0) is 10.2 Å². The van der Waals surface area contributed by atoms with Crippen molar-refractivity contribution < 1.29 is 9.53 Å². The molecule has 1 N–H and O–H groups in total. The lowest BCUT2D eigenvalue weighted by atomic mass is 9.90. The number of carbonyl (C=O) groups excluding carboxylic acids is 1. The number of aromatic nitrogens is 3. The Balaban J connectivity index is 1.60. The lowest BCUT2D eigenvalue weighted by Gasteiger charge is -2.22. The molecule has 4 heterocycles. The van der Waals surface area contributed by atoms with E-state index in [1.54, 1.807) is 38.4 Å². The fourth-order valence-corrected chi connectivity index (χ4v) is 4.08. The van der Waals surface area contributed by atoms with Crippen LogP contribution in [0, 0.1) is 29.6 Å². The zero-order valence-electron chi connectivity index (χ0n) is 20.0. The molecule has 35 heavy (non-hydrogen) atoms. The molecule has 0 spiro atoms. The van der Waals surface area contributed by atoms with Gasteiger partial charge < -0.3 is 10.1 Å². The normalized spacial score (nSPS) is 14.1. The summed E-state index contributed by atoms with van der Waals surface area (Å²) in [5.41, 5.74) is 4.29. The number of nitriles is 2. The topological polar surface area (TPSA) is 125 Å². The quantitative estimate of drug-likeness (QED) is 0.579. The van der Waals surface area contributed by atoms with Gasteiger partial charge in [-0.1, -0.05) is 0 Å². The Kier molecular flexibility index (Phi) is 6.86. The summed E-state index contributed by atoms with van der Waals surface area (Å²) in [6.45, 7) is 6.74. The molecule has 0 saturated carbocycles. The van der Waals surface area contributed by atoms with E-state index in [2.05, 4.69) is 32.4 Å². The number of nitrogens with one attached hydrogen (secondary N) is 1. The summed E-state index contributed by atoms with van der Waals surface area (Å²) in [7, 11) is 0. The number of anilines is 1. The van der Waals surface area contributed by atoms with Crippen molar-refractivity contribution in [1.82, 2.24) is 15.0 Å². The van der Waals surface area contributed by atoms with Crippen molar-refractivity contribution >= 4 is 11.6 Å². The number of hydrogen-bond acceptors (Lipinski definition) is 7. The Labute approximate surface area is 204 Å². The molecule has 4 rings (SSSR count). The first-order chi connectivity index (χ1) is 16.8. The van der Waals surface area contributed by atoms with Crippen molar-refractivity contribution in [2.24, 2.45) is 0 Å². The number of amides is 1. The minimum atomic E-state index is -0.808. The highest BCUT2D eigenvalue weighted by atomic mass is 16.5. The zero-order chi connectivity index (χ0) is 25.0. The maximum absolute atomic E-state index is 12.9. The van der Waals surface area contributed by atoms with Crippen LogP contribution in [-0.4, -0.2) is 34.1 Å². The highest BCUT2D eigenvalue weighted by Gasteiger charge is 2.23. The van der Waals surface area contributed by atoms with Crippen LogP contribution in [0.3, 0.4) is 0 Å². The maximum atomic E-state index is 12.9. The first-order valence-electron chi connectivity index (χ1n) is 11.5. The summed E-state index contributed by atoms with van der Waals surface area (Å²) < 4.78 is 5.44. The average Bonchev–Trinajstić information content (AvgIpc) is 2.90. The number of aryl methyl sites for hydroxylation is 1. The first kappa shape index (κ1) is 24.0. The van der Waals surface area contributed by atoms with E-state index >= 15 is 0 Å². The van der Waals surface area contributed by atoms with Crippen molar-refractivity contribution in [3.63, 3.8) is 0 Å². The van der Waals surface area contributed by atoms with Crippen LogP contribution in [0.5, 0.6) is 0 Å². The van der Waals surface area contributed by atoms with Crippen LogP contribution in [0.2, 0.25) is 0 Å². The number of ether oxygens (including phenoxy) is 1. The van der Waals surface area contributed by atoms with E-state index in [-0.39, 0.29) is 11.8 Å². The summed E-state index contributed by atoms with van der Waals surface area (Å²) in [5.74, 6) is -0.113. The summed E-state index contributed by atoms with van der Waals surface area (Å²) in [4.78, 5) is 26.2. The number of pyridine rings is 3. The molecular formula is C27H26N6O2. The lowest BCUT2D eigenvalue weighted by molar-refractivity contribution is 0.0844. The van der Waals surface area contributed by atoms with Gasteiger partial charge in [-0.25, -0.2) is 0 Å². The Morgan fingerprint density at radius 3 is 2.60 bits per heavy atom. The monoisotopic (exact) mass is 466 g/mol. The van der Waals surface area contributed by atoms with E-state index in [1.807, 2.05) is 19.1 Å². The molecule has 1 saturated heterocycles. The van der Waals surface area contributed by atoms with Crippen molar-refractivity contribution in [2.45, 2.75) is 44.9 Å². The Morgan fingerprint density at radius 2 is 1.89 bits per heavy atom. The number of nitrogens with zero attached hydrogens (tertiary/aromatic N) is 5. The molecule has 0 radical (unpaired) electrons. The smallest absolute Gasteiger partial charge is 0.255 e. The third-order valence-corrected chi connectivity index (χ3v) is 6.24. The van der Waals surface area contributed by atoms with E-state index in [1.165, 1.54) is 6.20 Å². The Morgan fingerprint density at radius 1 is 1.11 bits per heavy atom. The van der Waals surface area contributed by atoms with Gasteiger partial charge >= 0.3 is 0 Å². The van der Waals surface area contributed by atoms with Crippen LogP contribution < -0.4 is 5.32 Å². The van der Waals surface area contributed by atoms with Gasteiger partial charge in [0, 0.05) is 53.9 Å². The predicted molar refractivity (Wildman–Crippen MR) is 131 cm³/mol. The average molecular weight is 467 g/mol. The van der Waals surface area contributed by atoms with Crippen LogP contribution in [0.1, 0.15) is 65.6 Å². The van der Waals surface area contributed by atoms with E-state index in [0.717, 1.165) is 35.4 Å². The summed E-state index contributed by atoms with van der Waals surface area (Å²) >= 11 is 0. The van der Waals surface area contributed by atoms with Gasteiger partial charge in [0.25, 0.3) is 5.91 Å². The molecular weight excluding hydrogens is 440 g/mol. The number of rotatable bonds is 5. The highest BCUT2D eigenvalue weighted by molar-refractivity contribution is 6.04. The Bertz CT molecular complexity index is 1350. The van der Waals surface area contributed by atoms with Crippen LogP contribution >= 0.6 is 0 Å². The fraction of sp³-hybridized carbons (Fsp3) is 0.333. The zero-order valence-corrected chi connectivity index (χ0v) is 20.0. The fourth-order valence-electron chi connectivity index (χ4n) is 4.08. The lowest BCUT2D eigenvalue weighted by Crippen LogP contribution is -2.18. The van der Waals surface area contributed by atoms with Crippen molar-refractivity contribution in [3.05, 3.63) is 71.1 Å². The first-order valence-corrected chi connectivity index (χ1v) is 11.5. The number of hydrogen-bond donors (Lipinski definition) is 1. The van der Waals surface area contributed by atoms with Gasteiger partial charge in [-0.2, -0.15) is 10.5 Å². The Hall–Kier alpha value is -4.14. The third-order valence-electron chi connectivity index (χ3n) is 6.24. The molecule has 8 nitrogen and oxygen atoms in total. The van der Waals surface area contributed by atoms with Crippen LogP contribution in [0.25, 0.3) is 11.1 Å². The highest BCUT2D eigenvalue weighted by Crippen LogP contribution is 2.31. The van der Waals surface area contributed by atoms with E-state index in [0.29, 0.717) is 35.7 Å². The van der Waals surface area contributed by atoms with Crippen LogP contribution in [0.4, 0.5) is 5.69 Å².